The highest BCUT2D eigenvalue weighted by molar-refractivity contribution is 6.35. The third-order valence-corrected chi connectivity index (χ3v) is 7.20. The fraction of sp³-hybridized carbons (Fsp3) is 0.161. The second-order valence-electron chi connectivity index (χ2n) is 9.28. The lowest BCUT2D eigenvalue weighted by Crippen LogP contribution is -2.32. The van der Waals surface area contributed by atoms with Gasteiger partial charge in [-0.25, -0.2) is 0 Å². The lowest BCUT2D eigenvalue weighted by Gasteiger charge is -2.23. The molecule has 5 aromatic rings. The van der Waals surface area contributed by atoms with Gasteiger partial charge in [-0.05, 0) is 47.5 Å². The number of hydrogen-bond donors (Lipinski definition) is 1. The zero-order chi connectivity index (χ0) is 26.5. The number of carbonyl (C=O) groups is 1. The van der Waals surface area contributed by atoms with Crippen LogP contribution < -0.4 is 5.62 Å². The van der Waals surface area contributed by atoms with Gasteiger partial charge in [0, 0.05) is 36.8 Å². The lowest BCUT2D eigenvalue weighted by atomic mass is 10.1. The van der Waals surface area contributed by atoms with E-state index in [9.17, 15) is 4.79 Å². The summed E-state index contributed by atoms with van der Waals surface area (Å²) in [6.45, 7) is 2.87. The lowest BCUT2D eigenvalue weighted by molar-refractivity contribution is 0.0971. The van der Waals surface area contributed by atoms with Crippen LogP contribution in [0.25, 0.3) is 11.0 Å². The molecule has 192 valence electrons. The first kappa shape index (κ1) is 26.0. The second kappa shape index (κ2) is 11.8. The molecular weight excluding hydrogens is 515 g/mol. The van der Waals surface area contributed by atoms with E-state index in [0.29, 0.717) is 28.7 Å². The van der Waals surface area contributed by atoms with Crippen LogP contribution in [0.4, 0.5) is 0 Å². The number of nitrogens with zero attached hydrogens (tertiary/aromatic N) is 3. The van der Waals surface area contributed by atoms with Crippen molar-refractivity contribution in [3.8, 4) is 0 Å². The van der Waals surface area contributed by atoms with Crippen LogP contribution in [0, 0.1) is 5.41 Å². The van der Waals surface area contributed by atoms with Gasteiger partial charge >= 0.3 is 0 Å². The molecule has 0 aliphatic heterocycles. The largest absolute Gasteiger partial charge is 0.308 e. The second-order valence-corrected chi connectivity index (χ2v) is 10.1. The van der Waals surface area contributed by atoms with Gasteiger partial charge in [0.2, 0.25) is 5.62 Å². The summed E-state index contributed by atoms with van der Waals surface area (Å²) in [6, 6.07) is 33.2. The van der Waals surface area contributed by atoms with Crippen molar-refractivity contribution in [2.75, 3.05) is 6.54 Å². The minimum Gasteiger partial charge on any atom is -0.308 e. The third-order valence-electron chi connectivity index (χ3n) is 6.64. The van der Waals surface area contributed by atoms with Crippen molar-refractivity contribution in [2.45, 2.75) is 26.2 Å². The Hall–Kier alpha value is -3.64. The average molecular weight is 543 g/mol. The molecule has 0 aliphatic rings. The number of para-hydroxylation sites is 1. The molecule has 0 aliphatic carbocycles. The van der Waals surface area contributed by atoms with E-state index in [1.54, 1.807) is 28.8 Å². The van der Waals surface area contributed by atoms with Gasteiger partial charge in [0.05, 0.1) is 22.6 Å². The minimum atomic E-state index is -0.0889. The first-order valence-corrected chi connectivity index (χ1v) is 13.3. The Morgan fingerprint density at radius 3 is 1.95 bits per heavy atom. The number of Topliss-reactive ketones (excluding diaryl/α,β-unsaturated/α-hetero) is 1. The SMILES string of the molecule is N=c1n(CC(=O)c2ccc(Cl)cc2)c2cccc(Cl)c2n1CCN(Cc1ccccc1)Cc1ccccc1. The average Bonchev–Trinajstić information content (AvgIpc) is 3.20. The molecule has 0 unspecified atom stereocenters. The summed E-state index contributed by atoms with van der Waals surface area (Å²) in [6.07, 6.45) is 0. The molecule has 0 saturated carbocycles. The topological polar surface area (TPSA) is 54.0 Å². The Balaban J connectivity index is 1.44. The summed E-state index contributed by atoms with van der Waals surface area (Å²) in [7, 11) is 0. The highest BCUT2D eigenvalue weighted by atomic mass is 35.5. The van der Waals surface area contributed by atoms with Gasteiger partial charge in [-0.3, -0.25) is 15.1 Å². The van der Waals surface area contributed by atoms with Gasteiger partial charge in [0.25, 0.3) is 0 Å². The highest BCUT2D eigenvalue weighted by Gasteiger charge is 2.18. The molecule has 0 atom stereocenters. The number of halogens is 2. The first-order chi connectivity index (χ1) is 18.5. The molecule has 0 saturated heterocycles. The molecule has 38 heavy (non-hydrogen) atoms. The summed E-state index contributed by atoms with van der Waals surface area (Å²) < 4.78 is 3.65. The molecular formula is C31H28Cl2N4O. The van der Waals surface area contributed by atoms with E-state index in [2.05, 4.69) is 53.4 Å². The van der Waals surface area contributed by atoms with E-state index >= 15 is 0 Å². The number of nitrogens with one attached hydrogen (secondary N) is 1. The predicted molar refractivity (Wildman–Crippen MR) is 154 cm³/mol. The number of aromatic nitrogens is 2. The van der Waals surface area contributed by atoms with Gasteiger partial charge in [-0.15, -0.1) is 0 Å². The van der Waals surface area contributed by atoms with Crippen molar-refractivity contribution in [3.63, 3.8) is 0 Å². The maximum Gasteiger partial charge on any atom is 0.203 e. The summed E-state index contributed by atoms with van der Waals surface area (Å²) >= 11 is 12.7. The summed E-state index contributed by atoms with van der Waals surface area (Å²) in [4.78, 5) is 15.5. The van der Waals surface area contributed by atoms with Gasteiger partial charge in [-0.2, -0.15) is 0 Å². The number of rotatable bonds is 10. The molecule has 0 spiro atoms. The standard InChI is InChI=1S/C31H28Cl2N4O/c32-26-16-14-25(15-17-26)29(38)22-37-28-13-7-12-27(33)30(28)36(31(37)34)19-18-35(20-23-8-3-1-4-9-23)21-24-10-5-2-6-11-24/h1-17,34H,18-22H2. The molecule has 7 heteroatoms. The van der Waals surface area contributed by atoms with Gasteiger partial charge < -0.3 is 9.13 Å². The number of benzene rings is 4. The first-order valence-electron chi connectivity index (χ1n) is 12.5. The fourth-order valence-corrected chi connectivity index (χ4v) is 5.14. The van der Waals surface area contributed by atoms with Crippen LogP contribution in [0.3, 0.4) is 0 Å². The normalized spacial score (nSPS) is 11.3. The van der Waals surface area contributed by atoms with E-state index in [0.717, 1.165) is 24.1 Å². The molecule has 0 radical (unpaired) electrons. The highest BCUT2D eigenvalue weighted by Crippen LogP contribution is 2.23. The van der Waals surface area contributed by atoms with Crippen LogP contribution in [-0.4, -0.2) is 26.4 Å². The molecule has 1 heterocycles. The van der Waals surface area contributed by atoms with Crippen LogP contribution in [0.1, 0.15) is 21.5 Å². The summed E-state index contributed by atoms with van der Waals surface area (Å²) in [5.74, 6) is -0.0889. The zero-order valence-electron chi connectivity index (χ0n) is 20.9. The van der Waals surface area contributed by atoms with Crippen molar-refractivity contribution >= 4 is 40.0 Å². The van der Waals surface area contributed by atoms with Crippen LogP contribution >= 0.6 is 23.2 Å². The minimum absolute atomic E-state index is 0.0437. The molecule has 5 nitrogen and oxygen atoms in total. The van der Waals surface area contributed by atoms with Crippen LogP contribution in [0.5, 0.6) is 0 Å². The molecule has 0 amide bonds. The Morgan fingerprint density at radius 2 is 1.34 bits per heavy atom. The van der Waals surface area contributed by atoms with Gasteiger partial charge in [-0.1, -0.05) is 89.9 Å². The Labute approximate surface area is 232 Å². The number of carbonyl (C=O) groups excluding carboxylic acids is 1. The Kier molecular flexibility index (Phi) is 8.08. The molecule has 0 fully saturated rings. The monoisotopic (exact) mass is 542 g/mol. The Morgan fingerprint density at radius 1 is 0.737 bits per heavy atom. The van der Waals surface area contributed by atoms with Crippen molar-refractivity contribution in [1.29, 1.82) is 5.41 Å². The summed E-state index contributed by atoms with van der Waals surface area (Å²) in [5.41, 5.74) is 4.79. The van der Waals surface area contributed by atoms with E-state index < -0.39 is 0 Å². The van der Waals surface area contributed by atoms with E-state index in [4.69, 9.17) is 28.6 Å². The summed E-state index contributed by atoms with van der Waals surface area (Å²) in [5, 5.41) is 10.2. The van der Waals surface area contributed by atoms with Crippen molar-refractivity contribution in [2.24, 2.45) is 0 Å². The van der Waals surface area contributed by atoms with Crippen LogP contribution in [-0.2, 0) is 26.2 Å². The van der Waals surface area contributed by atoms with Gasteiger partial charge in [0.15, 0.2) is 5.78 Å². The maximum absolute atomic E-state index is 13.1. The quantitative estimate of drug-likeness (QED) is 0.197. The van der Waals surface area contributed by atoms with Crippen molar-refractivity contribution in [3.05, 3.63) is 135 Å². The van der Waals surface area contributed by atoms with E-state index in [-0.39, 0.29) is 17.9 Å². The van der Waals surface area contributed by atoms with Crippen molar-refractivity contribution in [1.82, 2.24) is 14.0 Å². The van der Waals surface area contributed by atoms with E-state index in [1.165, 1.54) is 11.1 Å². The number of fused-ring (bicyclic) bond motifs is 1. The van der Waals surface area contributed by atoms with Gasteiger partial charge in [0.1, 0.15) is 0 Å². The number of ketones is 1. The van der Waals surface area contributed by atoms with Crippen LogP contribution in [0.15, 0.2) is 103 Å². The Bertz CT molecular complexity index is 1550. The molecule has 5 rings (SSSR count). The van der Waals surface area contributed by atoms with Crippen molar-refractivity contribution < 1.29 is 4.79 Å². The smallest absolute Gasteiger partial charge is 0.203 e. The fourth-order valence-electron chi connectivity index (χ4n) is 4.74. The molecule has 1 aromatic heterocycles. The number of imidazole rings is 1. The van der Waals surface area contributed by atoms with Crippen LogP contribution in [0.2, 0.25) is 10.0 Å². The molecule has 1 N–H and O–H groups in total. The molecule has 0 bridgehead atoms. The van der Waals surface area contributed by atoms with E-state index in [1.807, 2.05) is 34.9 Å². The number of hydrogen-bond acceptors (Lipinski definition) is 3. The third kappa shape index (κ3) is 5.91. The predicted octanol–water partition coefficient (Wildman–Crippen LogP) is 6.81. The molecule has 4 aromatic carbocycles. The maximum atomic E-state index is 13.1. The zero-order valence-corrected chi connectivity index (χ0v) is 22.4.